The first-order chi connectivity index (χ1) is 9.13. The van der Waals surface area contributed by atoms with Crippen molar-refractivity contribution in [3.05, 3.63) is 28.9 Å². The van der Waals surface area contributed by atoms with Crippen LogP contribution in [0.25, 0.3) is 0 Å². The Bertz CT molecular complexity index is 568. The van der Waals surface area contributed by atoms with Gasteiger partial charge in [0.2, 0.25) is 5.88 Å². The summed E-state index contributed by atoms with van der Waals surface area (Å²) in [6.07, 6.45) is 5.27. The summed E-state index contributed by atoms with van der Waals surface area (Å²) in [5.74, 6) is 1.83. The Hall–Kier alpha value is -1.62. The minimum atomic E-state index is 0.433. The Morgan fingerprint density at radius 2 is 2.11 bits per heavy atom. The summed E-state index contributed by atoms with van der Waals surface area (Å²) in [5.41, 5.74) is 0.738. The highest BCUT2D eigenvalue weighted by atomic mass is 35.5. The molecule has 0 radical (unpaired) electrons. The maximum Gasteiger partial charge on any atom is 0.227 e. The molecule has 2 aromatic heterocycles. The molecule has 0 atom stereocenters. The number of ether oxygens (including phenoxy) is 1. The van der Waals surface area contributed by atoms with Crippen molar-refractivity contribution < 1.29 is 4.74 Å². The van der Waals surface area contributed by atoms with Crippen molar-refractivity contribution in [1.29, 1.82) is 0 Å². The van der Waals surface area contributed by atoms with Gasteiger partial charge in [-0.05, 0) is 13.3 Å². The Morgan fingerprint density at radius 1 is 1.32 bits per heavy atom. The summed E-state index contributed by atoms with van der Waals surface area (Å²) in [7, 11) is 0. The molecule has 0 fully saturated rings. The van der Waals surface area contributed by atoms with Crippen LogP contribution in [0.3, 0.4) is 0 Å². The first-order valence-corrected chi connectivity index (χ1v) is 6.75. The fraction of sp³-hybridized carbons (Fsp3) is 0.462. The molecular weight excluding hydrogens is 264 g/mol. The third-order valence-corrected chi connectivity index (χ3v) is 3.05. The fourth-order valence-electron chi connectivity index (χ4n) is 1.63. The molecule has 19 heavy (non-hydrogen) atoms. The number of hydrogen-bond acceptors (Lipinski definition) is 4. The minimum absolute atomic E-state index is 0.433. The summed E-state index contributed by atoms with van der Waals surface area (Å²) in [5, 5.41) is 4.65. The number of aryl methyl sites for hydroxylation is 2. The predicted molar refractivity (Wildman–Crippen MR) is 73.7 cm³/mol. The molecule has 0 saturated carbocycles. The highest BCUT2D eigenvalue weighted by molar-refractivity contribution is 6.30. The molecule has 0 saturated heterocycles. The highest BCUT2D eigenvalue weighted by Crippen LogP contribution is 2.26. The smallest absolute Gasteiger partial charge is 0.227 e. The van der Waals surface area contributed by atoms with Gasteiger partial charge in [-0.1, -0.05) is 25.4 Å². The lowest BCUT2D eigenvalue weighted by Crippen LogP contribution is -2.00. The van der Waals surface area contributed by atoms with E-state index < -0.39 is 0 Å². The van der Waals surface area contributed by atoms with E-state index in [4.69, 9.17) is 16.3 Å². The van der Waals surface area contributed by atoms with Crippen molar-refractivity contribution >= 4 is 11.6 Å². The van der Waals surface area contributed by atoms with Crippen LogP contribution in [0.1, 0.15) is 31.7 Å². The largest absolute Gasteiger partial charge is 0.435 e. The lowest BCUT2D eigenvalue weighted by Gasteiger charge is -2.08. The summed E-state index contributed by atoms with van der Waals surface area (Å²) in [6.45, 7) is 6.79. The molecular formula is C13H17ClN4O. The van der Waals surface area contributed by atoms with E-state index in [2.05, 4.69) is 22.0 Å². The van der Waals surface area contributed by atoms with Gasteiger partial charge in [0.25, 0.3) is 0 Å². The van der Waals surface area contributed by atoms with Gasteiger partial charge in [0, 0.05) is 18.5 Å². The van der Waals surface area contributed by atoms with E-state index in [9.17, 15) is 0 Å². The van der Waals surface area contributed by atoms with Crippen LogP contribution in [0.15, 0.2) is 12.4 Å². The Kier molecular flexibility index (Phi) is 4.37. The molecule has 2 aromatic rings. The Labute approximate surface area is 117 Å². The molecule has 0 N–H and O–H groups in total. The Balaban J connectivity index is 2.24. The van der Waals surface area contributed by atoms with E-state index in [1.54, 1.807) is 6.20 Å². The molecule has 102 valence electrons. The van der Waals surface area contributed by atoms with E-state index in [1.165, 1.54) is 0 Å². The zero-order valence-corrected chi connectivity index (χ0v) is 12.1. The van der Waals surface area contributed by atoms with Gasteiger partial charge in [-0.2, -0.15) is 10.1 Å². The molecule has 0 aliphatic rings. The average molecular weight is 281 g/mol. The van der Waals surface area contributed by atoms with Gasteiger partial charge in [-0.15, -0.1) is 0 Å². The van der Waals surface area contributed by atoms with Crippen molar-refractivity contribution in [3.63, 3.8) is 0 Å². The molecule has 0 aromatic carbocycles. The van der Waals surface area contributed by atoms with E-state index in [0.29, 0.717) is 29.0 Å². The number of halogens is 1. The SMILES string of the molecule is CCCn1cc(Oc2nc(CC)nc(Cl)c2C)cn1. The van der Waals surface area contributed by atoms with Crippen molar-refractivity contribution in [1.82, 2.24) is 19.7 Å². The molecule has 2 heterocycles. The zero-order chi connectivity index (χ0) is 13.8. The van der Waals surface area contributed by atoms with Gasteiger partial charge < -0.3 is 4.74 Å². The van der Waals surface area contributed by atoms with Gasteiger partial charge in [-0.3, -0.25) is 4.68 Å². The van der Waals surface area contributed by atoms with Crippen molar-refractivity contribution in [2.45, 2.75) is 40.2 Å². The molecule has 0 bridgehead atoms. The van der Waals surface area contributed by atoms with Crippen molar-refractivity contribution in [2.75, 3.05) is 0 Å². The van der Waals surface area contributed by atoms with Crippen molar-refractivity contribution in [3.8, 4) is 11.6 Å². The summed E-state index contributed by atoms with van der Waals surface area (Å²) >= 11 is 6.07. The molecule has 6 heteroatoms. The van der Waals surface area contributed by atoms with Crippen LogP contribution in [0, 0.1) is 6.92 Å². The average Bonchev–Trinajstić information content (AvgIpc) is 2.82. The second kappa shape index (κ2) is 6.02. The first-order valence-electron chi connectivity index (χ1n) is 6.37. The first kappa shape index (κ1) is 13.8. The van der Waals surface area contributed by atoms with Crippen LogP contribution >= 0.6 is 11.6 Å². The summed E-state index contributed by atoms with van der Waals surface area (Å²) < 4.78 is 7.58. The van der Waals surface area contributed by atoms with Crippen LogP contribution in [-0.2, 0) is 13.0 Å². The van der Waals surface area contributed by atoms with Gasteiger partial charge in [0.15, 0.2) is 5.75 Å². The fourth-order valence-corrected chi connectivity index (χ4v) is 1.81. The summed E-state index contributed by atoms with van der Waals surface area (Å²) in [6, 6.07) is 0. The van der Waals surface area contributed by atoms with Crippen LogP contribution in [-0.4, -0.2) is 19.7 Å². The maximum absolute atomic E-state index is 6.07. The van der Waals surface area contributed by atoms with Gasteiger partial charge in [0.1, 0.15) is 11.0 Å². The molecule has 0 amide bonds. The summed E-state index contributed by atoms with van der Waals surface area (Å²) in [4.78, 5) is 8.53. The molecule has 2 rings (SSSR count). The van der Waals surface area contributed by atoms with E-state index in [0.717, 1.165) is 18.5 Å². The van der Waals surface area contributed by atoms with Gasteiger partial charge in [0.05, 0.1) is 12.4 Å². The standard InChI is InChI=1S/C13H17ClN4O/c1-4-6-18-8-10(7-15-18)19-13-9(3)12(14)16-11(5-2)17-13/h7-8H,4-6H2,1-3H3. The van der Waals surface area contributed by atoms with Gasteiger partial charge >= 0.3 is 0 Å². The van der Waals surface area contributed by atoms with E-state index in [1.807, 2.05) is 24.7 Å². The molecule has 0 spiro atoms. The number of nitrogens with zero attached hydrogens (tertiary/aromatic N) is 4. The molecule has 0 aliphatic heterocycles. The molecule has 0 aliphatic carbocycles. The number of hydrogen-bond donors (Lipinski definition) is 0. The zero-order valence-electron chi connectivity index (χ0n) is 11.4. The quantitative estimate of drug-likeness (QED) is 0.788. The number of rotatable bonds is 5. The molecule has 0 unspecified atom stereocenters. The maximum atomic E-state index is 6.07. The predicted octanol–water partition coefficient (Wildman–Crippen LogP) is 3.40. The van der Waals surface area contributed by atoms with Gasteiger partial charge in [-0.25, -0.2) is 4.98 Å². The number of aromatic nitrogens is 4. The van der Waals surface area contributed by atoms with Crippen LogP contribution < -0.4 is 4.74 Å². The second-order valence-corrected chi connectivity index (χ2v) is 4.61. The highest BCUT2D eigenvalue weighted by Gasteiger charge is 2.11. The van der Waals surface area contributed by atoms with Crippen molar-refractivity contribution in [2.24, 2.45) is 0 Å². The van der Waals surface area contributed by atoms with Crippen LogP contribution in [0.2, 0.25) is 5.15 Å². The minimum Gasteiger partial charge on any atom is -0.435 e. The Morgan fingerprint density at radius 3 is 2.79 bits per heavy atom. The third-order valence-electron chi connectivity index (χ3n) is 2.68. The second-order valence-electron chi connectivity index (χ2n) is 4.26. The van der Waals surface area contributed by atoms with Crippen LogP contribution in [0.4, 0.5) is 0 Å². The lowest BCUT2D eigenvalue weighted by molar-refractivity contribution is 0.453. The molecule has 5 nitrogen and oxygen atoms in total. The lowest BCUT2D eigenvalue weighted by atomic mass is 10.3. The third kappa shape index (κ3) is 3.23. The van der Waals surface area contributed by atoms with Crippen LogP contribution in [0.5, 0.6) is 11.6 Å². The van der Waals surface area contributed by atoms with E-state index in [-0.39, 0.29) is 0 Å². The topological polar surface area (TPSA) is 52.8 Å². The van der Waals surface area contributed by atoms with E-state index >= 15 is 0 Å². The monoisotopic (exact) mass is 280 g/mol. The normalized spacial score (nSPS) is 10.7.